The number of hydrogen-bond acceptors (Lipinski definition) is 2. The Kier molecular flexibility index (Phi) is 15.0. The Bertz CT molecular complexity index is 6470. The maximum absolute atomic E-state index is 2.73. The van der Waals surface area contributed by atoms with Gasteiger partial charge in [-0.15, -0.1) is 0 Å². The zero-order valence-electron chi connectivity index (χ0n) is 59.2. The third-order valence-electron chi connectivity index (χ3n) is 22.5. The van der Waals surface area contributed by atoms with E-state index in [4.69, 9.17) is 0 Å². The first-order valence-corrected chi connectivity index (χ1v) is 37.4. The van der Waals surface area contributed by atoms with Crippen molar-refractivity contribution in [3.63, 3.8) is 0 Å². The largest absolute Gasteiger partial charge is 0.310 e. The monoisotopic (exact) mass is 1370 g/mol. The van der Waals surface area contributed by atoms with E-state index in [0.717, 1.165) is 134 Å². The first-order chi connectivity index (χ1) is 53.6. The van der Waals surface area contributed by atoms with Gasteiger partial charge in [0.05, 0.1) is 28.1 Å². The van der Waals surface area contributed by atoms with Gasteiger partial charge in [0.1, 0.15) is 0 Å². The van der Waals surface area contributed by atoms with Crippen molar-refractivity contribution in [2.45, 2.75) is 0 Å². The summed E-state index contributed by atoms with van der Waals surface area (Å²) in [6.45, 7) is -0.291. The van der Waals surface area contributed by atoms with Crippen LogP contribution in [-0.2, 0) is 0 Å². The maximum atomic E-state index is 2.73. The summed E-state index contributed by atoms with van der Waals surface area (Å²) in [5, 5.41) is 7.21. The average Bonchev–Trinajstić information content (AvgIpc) is 0.978. The summed E-state index contributed by atoms with van der Waals surface area (Å²) in [4.78, 5) is 5.43. The van der Waals surface area contributed by atoms with Crippen LogP contribution in [0.15, 0.2) is 413 Å². The summed E-state index contributed by atoms with van der Waals surface area (Å²) in [5.41, 5.74) is 34.0. The molecule has 0 fully saturated rings. The summed E-state index contributed by atoms with van der Waals surface area (Å²) < 4.78 is 2.55. The van der Waals surface area contributed by atoms with E-state index in [1.807, 2.05) is 0 Å². The molecule has 0 aliphatic carbocycles. The molecule has 2 aliphatic rings. The van der Waals surface area contributed by atoms with Crippen molar-refractivity contribution in [1.82, 2.24) is 4.57 Å². The van der Waals surface area contributed by atoms with E-state index in [0.29, 0.717) is 0 Å². The highest BCUT2D eigenvalue weighted by atomic mass is 15.2. The lowest BCUT2D eigenvalue weighted by Crippen LogP contribution is -2.61. The normalized spacial score (nSPS) is 12.2. The lowest BCUT2D eigenvalue weighted by molar-refractivity contribution is 1.16. The van der Waals surface area contributed by atoms with Crippen molar-refractivity contribution in [2.75, 3.05) is 9.80 Å². The van der Waals surface area contributed by atoms with Gasteiger partial charge in [-0.1, -0.05) is 352 Å². The minimum Gasteiger partial charge on any atom is -0.310 e. The van der Waals surface area contributed by atoms with Crippen LogP contribution in [-0.4, -0.2) is 11.3 Å². The molecule has 3 heterocycles. The zero-order valence-corrected chi connectivity index (χ0v) is 59.2. The predicted octanol–water partition coefficient (Wildman–Crippen LogP) is 26.2. The number of rotatable bonds is 12. The summed E-state index contributed by atoms with van der Waals surface area (Å²) >= 11 is 0. The Morgan fingerprint density at radius 2 is 0.463 bits per heavy atom. The highest BCUT2D eigenvalue weighted by molar-refractivity contribution is 7.00. The highest BCUT2D eigenvalue weighted by Gasteiger charge is 2.46. The molecular formula is C104H68BN3. The number of aromatic nitrogens is 1. The van der Waals surface area contributed by atoms with Gasteiger partial charge >= 0.3 is 0 Å². The summed E-state index contributed by atoms with van der Waals surface area (Å²) in [6, 6.07) is 154. The third-order valence-corrected chi connectivity index (χ3v) is 22.5. The summed E-state index contributed by atoms with van der Waals surface area (Å²) in [7, 11) is 0. The Balaban J connectivity index is 0.968. The molecule has 0 saturated heterocycles. The summed E-state index contributed by atoms with van der Waals surface area (Å²) in [5.74, 6) is 0. The molecule has 0 radical (unpaired) electrons. The molecular weight excluding hydrogens is 1300 g/mol. The van der Waals surface area contributed by atoms with E-state index in [-0.39, 0.29) is 6.71 Å². The van der Waals surface area contributed by atoms with Crippen molar-refractivity contribution in [3.05, 3.63) is 413 Å². The molecule has 0 unspecified atom stereocenters. The molecule has 1 aromatic heterocycles. The van der Waals surface area contributed by atoms with Gasteiger partial charge < -0.3 is 14.4 Å². The minimum absolute atomic E-state index is 0.291. The molecule has 4 heteroatoms. The summed E-state index contributed by atoms with van der Waals surface area (Å²) in [6.07, 6.45) is 0. The average molecular weight is 1370 g/mol. The van der Waals surface area contributed by atoms with Crippen molar-refractivity contribution >= 4 is 101 Å². The fourth-order valence-corrected chi connectivity index (χ4v) is 17.8. The number of nitrogens with zero attached hydrogens (tertiary/aromatic N) is 3. The third kappa shape index (κ3) is 10.3. The van der Waals surface area contributed by atoms with E-state index in [1.165, 1.54) is 65.4 Å². The number of para-hydroxylation sites is 2. The molecule has 502 valence electrons. The minimum atomic E-state index is -0.291. The first kappa shape index (κ1) is 62.5. The van der Waals surface area contributed by atoms with E-state index in [9.17, 15) is 0 Å². The van der Waals surface area contributed by atoms with Crippen molar-refractivity contribution < 1.29 is 0 Å². The van der Waals surface area contributed by atoms with Crippen molar-refractivity contribution in [1.29, 1.82) is 0 Å². The Morgan fingerprint density at radius 3 is 0.824 bits per heavy atom. The molecule has 21 rings (SSSR count). The van der Waals surface area contributed by atoms with Crippen LogP contribution < -0.4 is 26.2 Å². The van der Waals surface area contributed by atoms with Gasteiger partial charge in [0.2, 0.25) is 0 Å². The lowest BCUT2D eigenvalue weighted by atomic mass is 9.33. The number of hydrogen-bond donors (Lipinski definition) is 0. The SMILES string of the molecule is c1ccc(-c2cc(-c3ccccc3)c(N3c4cc(-c5ccccc5)ccc4B4c5ccc(-c6c7ccccc7c(-c7ccccc7)c7ccccc67)cc5N(c5c(-c6ccccc6)cc(-c6ccccc6)cc5-c5ccccc5)c5cc(-n6c7ccccc7c7ccccc76)cc3c54)c(-c3ccccc3)c2)cc1. The molecule has 0 amide bonds. The van der Waals surface area contributed by atoms with Crippen LogP contribution in [0.5, 0.6) is 0 Å². The van der Waals surface area contributed by atoms with Gasteiger partial charge in [0.25, 0.3) is 6.71 Å². The van der Waals surface area contributed by atoms with Gasteiger partial charge in [-0.3, -0.25) is 0 Å². The fraction of sp³-hybridized carbons (Fsp3) is 0. The topological polar surface area (TPSA) is 11.4 Å². The second-order valence-corrected chi connectivity index (χ2v) is 28.5. The number of anilines is 6. The lowest BCUT2D eigenvalue weighted by Gasteiger charge is -2.46. The molecule has 0 bridgehead atoms. The molecule has 0 N–H and O–H groups in total. The molecule has 108 heavy (non-hydrogen) atoms. The zero-order chi connectivity index (χ0) is 71.2. The number of fused-ring (bicyclic) bond motifs is 9. The Hall–Kier alpha value is -14.1. The number of benzene rings is 18. The van der Waals surface area contributed by atoms with Crippen LogP contribution in [0.2, 0.25) is 0 Å². The standard InChI is InChI=1S/C104H68BN3/c1-9-33-69(34-10-1)77-57-59-92-96(65-77)107(103-88(72-39-15-4-16-40-72)61-79(70-35-11-2-12-36-70)62-89(103)73-41-17-5-18-42-73)98-67-81(106-94-55-31-29-49-82(94)83-50-30-32-56-95(83)106)68-99-102(98)105(92)93-60-58-78(101-86-53-27-25-51-84(86)100(76-47-23-8-24-48-76)85-52-26-28-54-87(85)101)66-97(93)108(99)104-90(74-43-19-6-20-44-74)63-80(71-37-13-3-14-38-71)64-91(104)75-45-21-7-22-46-75/h1-68H. The molecule has 3 nitrogen and oxygen atoms in total. The molecule has 0 spiro atoms. The van der Waals surface area contributed by atoms with E-state index >= 15 is 0 Å². The predicted molar refractivity (Wildman–Crippen MR) is 459 cm³/mol. The fourth-order valence-electron chi connectivity index (χ4n) is 17.8. The molecule has 0 atom stereocenters. The molecule has 19 aromatic rings. The Labute approximate surface area is 629 Å². The van der Waals surface area contributed by atoms with Crippen molar-refractivity contribution in [3.8, 4) is 106 Å². The molecule has 2 aliphatic heterocycles. The van der Waals surface area contributed by atoms with Gasteiger partial charge in [0, 0.05) is 55.8 Å². The van der Waals surface area contributed by atoms with E-state index in [2.05, 4.69) is 427 Å². The van der Waals surface area contributed by atoms with Gasteiger partial charge in [0.15, 0.2) is 0 Å². The molecule has 0 saturated carbocycles. The van der Waals surface area contributed by atoms with Gasteiger partial charge in [-0.25, -0.2) is 0 Å². The van der Waals surface area contributed by atoms with E-state index in [1.54, 1.807) is 0 Å². The second-order valence-electron chi connectivity index (χ2n) is 28.5. The quantitative estimate of drug-likeness (QED) is 0.0892. The smallest absolute Gasteiger partial charge is 0.252 e. The Morgan fingerprint density at radius 1 is 0.185 bits per heavy atom. The van der Waals surface area contributed by atoms with Crippen LogP contribution in [0.1, 0.15) is 0 Å². The van der Waals surface area contributed by atoms with Crippen LogP contribution >= 0.6 is 0 Å². The van der Waals surface area contributed by atoms with Crippen LogP contribution in [0.25, 0.3) is 149 Å². The van der Waals surface area contributed by atoms with Crippen molar-refractivity contribution in [2.24, 2.45) is 0 Å². The highest BCUT2D eigenvalue weighted by Crippen LogP contribution is 2.56. The second kappa shape index (κ2) is 26.0. The maximum Gasteiger partial charge on any atom is 0.252 e. The van der Waals surface area contributed by atoms with Gasteiger partial charge in [-0.2, -0.15) is 0 Å². The van der Waals surface area contributed by atoms with Gasteiger partial charge in [-0.05, 0) is 176 Å². The molecule has 18 aromatic carbocycles. The van der Waals surface area contributed by atoms with E-state index < -0.39 is 0 Å². The van der Waals surface area contributed by atoms with Crippen LogP contribution in [0, 0.1) is 0 Å². The first-order valence-electron chi connectivity index (χ1n) is 37.4. The van der Waals surface area contributed by atoms with Crippen LogP contribution in [0.3, 0.4) is 0 Å². The van der Waals surface area contributed by atoms with Crippen LogP contribution in [0.4, 0.5) is 34.1 Å².